The Labute approximate surface area is 156 Å². The lowest BCUT2D eigenvalue weighted by Crippen LogP contribution is -2.34. The molecular formula is C21H20N4O2. The van der Waals surface area contributed by atoms with Crippen LogP contribution in [0.3, 0.4) is 0 Å². The van der Waals surface area contributed by atoms with Crippen molar-refractivity contribution in [2.75, 3.05) is 0 Å². The molecule has 136 valence electrons. The number of rotatable bonds is 3. The largest absolute Gasteiger partial charge is 0.507 e. The number of carbonyl (C=O) groups is 1. The molecule has 6 nitrogen and oxygen atoms in total. The molecule has 0 saturated carbocycles. The average Bonchev–Trinajstić information content (AvgIpc) is 3.39. The van der Waals surface area contributed by atoms with Crippen molar-refractivity contribution >= 4 is 16.9 Å². The van der Waals surface area contributed by atoms with Crippen molar-refractivity contribution in [1.29, 1.82) is 0 Å². The predicted octanol–water partition coefficient (Wildman–Crippen LogP) is 3.36. The Hall–Kier alpha value is -3.15. The number of nitrogens with one attached hydrogen (secondary N) is 1. The number of carbonyl (C=O) groups excluding carboxylic acids is 1. The van der Waals surface area contributed by atoms with Crippen molar-refractivity contribution in [3.8, 4) is 17.0 Å². The highest BCUT2D eigenvalue weighted by atomic mass is 16.3. The van der Waals surface area contributed by atoms with Crippen LogP contribution in [0, 0.1) is 0 Å². The number of para-hydroxylation sites is 1. The first-order valence-corrected chi connectivity index (χ1v) is 9.25. The summed E-state index contributed by atoms with van der Waals surface area (Å²) in [5.74, 6) is 0.506. The number of benzene rings is 1. The van der Waals surface area contributed by atoms with Crippen LogP contribution in [0.5, 0.6) is 5.75 Å². The van der Waals surface area contributed by atoms with E-state index in [-0.39, 0.29) is 23.6 Å². The minimum absolute atomic E-state index is 0.0303. The van der Waals surface area contributed by atoms with Crippen LogP contribution in [-0.2, 0) is 4.79 Å². The van der Waals surface area contributed by atoms with Crippen molar-refractivity contribution in [3.63, 3.8) is 0 Å². The van der Waals surface area contributed by atoms with Crippen molar-refractivity contribution < 1.29 is 9.90 Å². The monoisotopic (exact) mass is 360 g/mol. The third-order valence-electron chi connectivity index (χ3n) is 5.94. The zero-order valence-electron chi connectivity index (χ0n) is 14.8. The van der Waals surface area contributed by atoms with Crippen LogP contribution < -0.4 is 0 Å². The number of fused-ring (bicyclic) bond motifs is 3. The number of H-pyrrole nitrogens is 1. The van der Waals surface area contributed by atoms with Crippen LogP contribution >= 0.6 is 0 Å². The summed E-state index contributed by atoms with van der Waals surface area (Å²) in [6.07, 6.45) is 4.48. The standard InChI is InChI=1S/C21H20N4O2/c1-2-20(27)25-13-7-8-18(25)15(11-13)16-9-12-10-17(23-24-21(12)22-16)14-5-3-4-6-19(14)26/h2-6,9-10,13,15,18,26H,1,7-8,11H2,(H,22,24)/t13-,15?,18+/m0/s1. The number of phenolic OH excluding ortho intramolecular Hbond substituents is 1. The maximum absolute atomic E-state index is 12.2. The van der Waals surface area contributed by atoms with Gasteiger partial charge in [0, 0.05) is 34.6 Å². The number of hydrogen-bond acceptors (Lipinski definition) is 4. The van der Waals surface area contributed by atoms with E-state index in [0.29, 0.717) is 17.3 Å². The van der Waals surface area contributed by atoms with Crippen molar-refractivity contribution in [3.05, 3.63) is 54.7 Å². The average molecular weight is 360 g/mol. The Morgan fingerprint density at radius 1 is 1.26 bits per heavy atom. The summed E-state index contributed by atoms with van der Waals surface area (Å²) in [5, 5.41) is 19.6. The van der Waals surface area contributed by atoms with Crippen molar-refractivity contribution in [2.45, 2.75) is 37.3 Å². The fourth-order valence-corrected chi connectivity index (χ4v) is 4.75. The van der Waals surface area contributed by atoms with Gasteiger partial charge in [0.05, 0.1) is 5.69 Å². The van der Waals surface area contributed by atoms with Crippen LogP contribution in [0.1, 0.15) is 30.9 Å². The number of phenols is 1. The van der Waals surface area contributed by atoms with Gasteiger partial charge in [-0.3, -0.25) is 4.79 Å². The van der Waals surface area contributed by atoms with Gasteiger partial charge in [-0.15, -0.1) is 10.2 Å². The summed E-state index contributed by atoms with van der Waals surface area (Å²) in [7, 11) is 0. The zero-order chi connectivity index (χ0) is 18.5. The molecule has 6 heteroatoms. The number of aromatic amines is 1. The molecule has 2 aliphatic heterocycles. The van der Waals surface area contributed by atoms with Crippen LogP contribution in [0.25, 0.3) is 22.3 Å². The molecule has 2 N–H and O–H groups in total. The Kier molecular flexibility index (Phi) is 3.53. The highest BCUT2D eigenvalue weighted by Gasteiger charge is 2.48. The van der Waals surface area contributed by atoms with E-state index in [2.05, 4.69) is 27.8 Å². The molecule has 0 radical (unpaired) electrons. The predicted molar refractivity (Wildman–Crippen MR) is 102 cm³/mol. The quantitative estimate of drug-likeness (QED) is 0.702. The normalized spacial score (nSPS) is 23.9. The van der Waals surface area contributed by atoms with E-state index in [1.807, 2.05) is 23.1 Å². The van der Waals surface area contributed by atoms with Crippen molar-refractivity contribution in [2.24, 2.45) is 0 Å². The van der Waals surface area contributed by atoms with Gasteiger partial charge in [0.25, 0.3) is 0 Å². The second-order valence-corrected chi connectivity index (χ2v) is 7.37. The summed E-state index contributed by atoms with van der Waals surface area (Å²) in [6, 6.07) is 11.7. The molecule has 4 heterocycles. The lowest BCUT2D eigenvalue weighted by Gasteiger charge is -2.22. The first-order chi connectivity index (χ1) is 13.2. The highest BCUT2D eigenvalue weighted by Crippen LogP contribution is 2.47. The Balaban J connectivity index is 1.50. The number of amides is 1. The Morgan fingerprint density at radius 3 is 2.93 bits per heavy atom. The van der Waals surface area contributed by atoms with Gasteiger partial charge in [-0.1, -0.05) is 18.7 Å². The molecule has 2 aromatic heterocycles. The molecule has 2 aliphatic rings. The molecule has 27 heavy (non-hydrogen) atoms. The van der Waals surface area contributed by atoms with Gasteiger partial charge in [0.1, 0.15) is 5.75 Å². The first kappa shape index (κ1) is 16.1. The van der Waals surface area contributed by atoms with Crippen LogP contribution in [-0.4, -0.2) is 43.2 Å². The maximum Gasteiger partial charge on any atom is 0.246 e. The van der Waals surface area contributed by atoms with E-state index in [9.17, 15) is 9.90 Å². The lowest BCUT2D eigenvalue weighted by molar-refractivity contribution is -0.127. The molecule has 1 unspecified atom stereocenters. The van der Waals surface area contributed by atoms with Gasteiger partial charge in [-0.25, -0.2) is 0 Å². The molecule has 0 aliphatic carbocycles. The van der Waals surface area contributed by atoms with E-state index < -0.39 is 0 Å². The fourth-order valence-electron chi connectivity index (χ4n) is 4.75. The fraction of sp³-hybridized carbons (Fsp3) is 0.286. The lowest BCUT2D eigenvalue weighted by atomic mass is 9.87. The van der Waals surface area contributed by atoms with Crippen LogP contribution in [0.15, 0.2) is 49.1 Å². The number of nitrogens with zero attached hydrogens (tertiary/aromatic N) is 3. The third-order valence-corrected chi connectivity index (χ3v) is 5.94. The number of hydrogen-bond donors (Lipinski definition) is 2. The van der Waals surface area contributed by atoms with Gasteiger partial charge in [-0.2, -0.15) is 0 Å². The van der Waals surface area contributed by atoms with Crippen LogP contribution in [0.4, 0.5) is 0 Å². The number of aromatic hydroxyl groups is 1. The summed E-state index contributed by atoms with van der Waals surface area (Å²) in [4.78, 5) is 17.6. The molecule has 2 bridgehead atoms. The molecule has 1 amide bonds. The Morgan fingerprint density at radius 2 is 2.11 bits per heavy atom. The summed E-state index contributed by atoms with van der Waals surface area (Å²) in [6.45, 7) is 3.64. The summed E-state index contributed by atoms with van der Waals surface area (Å²) in [5.41, 5.74) is 3.14. The van der Waals surface area contributed by atoms with E-state index in [0.717, 1.165) is 36.0 Å². The molecule has 1 aromatic carbocycles. The van der Waals surface area contributed by atoms with E-state index in [1.165, 1.54) is 6.08 Å². The van der Waals surface area contributed by atoms with Gasteiger partial charge < -0.3 is 15.0 Å². The molecule has 0 spiro atoms. The molecular weight excluding hydrogens is 340 g/mol. The summed E-state index contributed by atoms with van der Waals surface area (Å²) < 4.78 is 0. The van der Waals surface area contributed by atoms with E-state index >= 15 is 0 Å². The number of aromatic nitrogens is 3. The minimum Gasteiger partial charge on any atom is -0.507 e. The molecule has 5 rings (SSSR count). The SMILES string of the molecule is C=CC(=O)N1[C@H]2CC[C@@H]1C(c1cc3cc(-c4ccccc4O)nnc3[nH]1)C2. The first-order valence-electron chi connectivity index (χ1n) is 9.25. The van der Waals surface area contributed by atoms with E-state index in [1.54, 1.807) is 12.1 Å². The maximum atomic E-state index is 12.2. The smallest absolute Gasteiger partial charge is 0.246 e. The van der Waals surface area contributed by atoms with Crippen molar-refractivity contribution in [1.82, 2.24) is 20.1 Å². The van der Waals surface area contributed by atoms with Gasteiger partial charge in [-0.05, 0) is 49.6 Å². The topological polar surface area (TPSA) is 82.1 Å². The zero-order valence-corrected chi connectivity index (χ0v) is 14.8. The van der Waals surface area contributed by atoms with Gasteiger partial charge >= 0.3 is 0 Å². The molecule has 3 atom stereocenters. The van der Waals surface area contributed by atoms with Gasteiger partial charge in [0.15, 0.2) is 5.65 Å². The molecule has 3 aromatic rings. The third kappa shape index (κ3) is 2.44. The highest BCUT2D eigenvalue weighted by molar-refractivity contribution is 5.88. The van der Waals surface area contributed by atoms with E-state index in [4.69, 9.17) is 0 Å². The van der Waals surface area contributed by atoms with Gasteiger partial charge in [0.2, 0.25) is 5.91 Å². The van der Waals surface area contributed by atoms with Crippen LogP contribution in [0.2, 0.25) is 0 Å². The second kappa shape index (κ2) is 5.94. The minimum atomic E-state index is 0.0303. The summed E-state index contributed by atoms with van der Waals surface area (Å²) >= 11 is 0. The molecule has 2 saturated heterocycles. The molecule has 2 fully saturated rings. The second-order valence-electron chi connectivity index (χ2n) is 7.37. The Bertz CT molecular complexity index is 1060.